The molecule has 1 aromatic rings. The van der Waals surface area contributed by atoms with E-state index in [0.717, 1.165) is 4.57 Å². The Balaban J connectivity index is 3.40. The highest BCUT2D eigenvalue weighted by molar-refractivity contribution is 9.10. The van der Waals surface area contributed by atoms with Crippen LogP contribution in [0.25, 0.3) is 0 Å². The summed E-state index contributed by atoms with van der Waals surface area (Å²) < 4.78 is 11.4. The number of methoxy groups -OCH3 is 1. The third kappa shape index (κ3) is 2.96. The first kappa shape index (κ1) is 15.2. The molecule has 102 valence electrons. The van der Waals surface area contributed by atoms with E-state index < -0.39 is 17.6 Å². The fourth-order valence-electron chi connectivity index (χ4n) is 1.55. The largest absolute Gasteiger partial charge is 0.494 e. The highest BCUT2D eigenvalue weighted by atomic mass is 79.9. The van der Waals surface area contributed by atoms with E-state index in [0.29, 0.717) is 4.47 Å². The molecule has 0 aliphatic heterocycles. The quantitative estimate of drug-likeness (QED) is 0.784. The first-order valence-corrected chi connectivity index (χ1v) is 6.32. The smallest absolute Gasteiger partial charge is 0.328 e. The van der Waals surface area contributed by atoms with Gasteiger partial charge in [-0.1, -0.05) is 0 Å². The lowest BCUT2D eigenvalue weighted by Gasteiger charge is -2.16. The van der Waals surface area contributed by atoms with E-state index in [1.165, 1.54) is 20.2 Å². The third-order valence-corrected chi connectivity index (χ3v) is 3.07. The molecular weight excluding hydrogens is 316 g/mol. The van der Waals surface area contributed by atoms with Crippen LogP contribution in [0.4, 0.5) is 0 Å². The Morgan fingerprint density at radius 2 is 2.26 bits per heavy atom. The molecule has 1 aromatic heterocycles. The number of carbonyl (C=O) groups excluding carboxylic acids is 1. The standard InChI is InChI=1S/C12H13BrN2O4/c1-4-19-12(17)7(2)15-6-9(13)10(18-3)8(5-14)11(15)16/h6-7H,4H2,1-3H3. The van der Waals surface area contributed by atoms with Gasteiger partial charge >= 0.3 is 5.97 Å². The van der Waals surface area contributed by atoms with E-state index in [-0.39, 0.29) is 17.9 Å². The van der Waals surface area contributed by atoms with Crippen LogP contribution in [0.3, 0.4) is 0 Å². The maximum absolute atomic E-state index is 12.1. The zero-order chi connectivity index (χ0) is 14.6. The van der Waals surface area contributed by atoms with Gasteiger partial charge in [-0.15, -0.1) is 0 Å². The van der Waals surface area contributed by atoms with Gasteiger partial charge in [0.25, 0.3) is 5.56 Å². The molecule has 0 aromatic carbocycles. The van der Waals surface area contributed by atoms with E-state index in [1.807, 2.05) is 0 Å². The van der Waals surface area contributed by atoms with Gasteiger partial charge in [0.1, 0.15) is 12.1 Å². The molecule has 0 radical (unpaired) electrons. The van der Waals surface area contributed by atoms with Crippen molar-refractivity contribution in [2.24, 2.45) is 0 Å². The lowest BCUT2D eigenvalue weighted by molar-refractivity contribution is -0.146. The van der Waals surface area contributed by atoms with Gasteiger partial charge in [0.2, 0.25) is 0 Å². The maximum Gasteiger partial charge on any atom is 0.328 e. The zero-order valence-electron chi connectivity index (χ0n) is 10.8. The van der Waals surface area contributed by atoms with Gasteiger partial charge in [-0.05, 0) is 29.8 Å². The second-order valence-corrected chi connectivity index (χ2v) is 4.49. The topological polar surface area (TPSA) is 81.3 Å². The van der Waals surface area contributed by atoms with Gasteiger partial charge in [0.15, 0.2) is 11.3 Å². The lowest BCUT2D eigenvalue weighted by atomic mass is 10.2. The fourth-order valence-corrected chi connectivity index (χ4v) is 2.13. The van der Waals surface area contributed by atoms with Crippen molar-refractivity contribution in [1.82, 2.24) is 4.57 Å². The maximum atomic E-state index is 12.1. The lowest BCUT2D eigenvalue weighted by Crippen LogP contribution is -2.31. The van der Waals surface area contributed by atoms with Gasteiger partial charge in [0, 0.05) is 6.20 Å². The van der Waals surface area contributed by atoms with Crippen LogP contribution in [0.1, 0.15) is 25.5 Å². The molecule has 0 aliphatic rings. The van der Waals surface area contributed by atoms with E-state index in [2.05, 4.69) is 15.9 Å². The summed E-state index contributed by atoms with van der Waals surface area (Å²) in [6, 6.07) is 0.964. The molecule has 0 bridgehead atoms. The molecule has 19 heavy (non-hydrogen) atoms. The van der Waals surface area contributed by atoms with Crippen LogP contribution in [0.15, 0.2) is 15.5 Å². The van der Waals surface area contributed by atoms with Crippen LogP contribution in [-0.2, 0) is 9.53 Å². The number of nitriles is 1. The van der Waals surface area contributed by atoms with Crippen LogP contribution >= 0.6 is 15.9 Å². The summed E-state index contributed by atoms with van der Waals surface area (Å²) in [6.45, 7) is 3.43. The number of ether oxygens (including phenoxy) is 2. The first-order chi connectivity index (χ1) is 8.97. The van der Waals surface area contributed by atoms with E-state index in [4.69, 9.17) is 14.7 Å². The number of esters is 1. The van der Waals surface area contributed by atoms with Crippen molar-refractivity contribution < 1.29 is 14.3 Å². The van der Waals surface area contributed by atoms with Crippen molar-refractivity contribution in [2.75, 3.05) is 13.7 Å². The molecule has 0 N–H and O–H groups in total. The van der Waals surface area contributed by atoms with Gasteiger partial charge < -0.3 is 9.47 Å². The number of hydrogen-bond donors (Lipinski definition) is 0. The zero-order valence-corrected chi connectivity index (χ0v) is 12.4. The average Bonchev–Trinajstić information content (AvgIpc) is 2.39. The normalized spacial score (nSPS) is 11.5. The minimum absolute atomic E-state index is 0.153. The molecule has 0 saturated heterocycles. The molecular formula is C12H13BrN2O4. The predicted molar refractivity (Wildman–Crippen MR) is 71.0 cm³/mol. The third-order valence-electron chi connectivity index (χ3n) is 2.51. The summed E-state index contributed by atoms with van der Waals surface area (Å²) in [6.07, 6.45) is 1.41. The molecule has 1 unspecified atom stereocenters. The van der Waals surface area contributed by atoms with Crippen molar-refractivity contribution >= 4 is 21.9 Å². The highest BCUT2D eigenvalue weighted by Gasteiger charge is 2.22. The highest BCUT2D eigenvalue weighted by Crippen LogP contribution is 2.26. The van der Waals surface area contributed by atoms with Crippen LogP contribution in [-0.4, -0.2) is 24.3 Å². The van der Waals surface area contributed by atoms with Gasteiger partial charge in [-0.3, -0.25) is 9.36 Å². The summed E-state index contributed by atoms with van der Waals surface area (Å²) in [5.41, 5.74) is -0.754. The molecule has 0 fully saturated rings. The fraction of sp³-hybridized carbons (Fsp3) is 0.417. The second-order valence-electron chi connectivity index (χ2n) is 3.64. The molecule has 1 atom stereocenters. The summed E-state index contributed by atoms with van der Waals surface area (Å²) in [4.78, 5) is 23.8. The molecule has 0 saturated carbocycles. The monoisotopic (exact) mass is 328 g/mol. The molecule has 1 rings (SSSR count). The van der Waals surface area contributed by atoms with Crippen LogP contribution in [0, 0.1) is 11.3 Å². The van der Waals surface area contributed by atoms with Gasteiger partial charge in [0.05, 0.1) is 18.2 Å². The Morgan fingerprint density at radius 3 is 2.74 bits per heavy atom. The number of pyridine rings is 1. The molecule has 0 aliphatic carbocycles. The minimum atomic E-state index is -0.818. The second kappa shape index (κ2) is 6.38. The van der Waals surface area contributed by atoms with Crippen molar-refractivity contribution in [1.29, 1.82) is 5.26 Å². The van der Waals surface area contributed by atoms with Crippen LogP contribution in [0.5, 0.6) is 5.75 Å². The van der Waals surface area contributed by atoms with Crippen molar-refractivity contribution in [2.45, 2.75) is 19.9 Å². The number of rotatable bonds is 4. The summed E-state index contributed by atoms with van der Waals surface area (Å²) in [5, 5.41) is 9.02. The number of halogens is 1. The SMILES string of the molecule is CCOC(=O)C(C)n1cc(Br)c(OC)c(C#N)c1=O. The Labute approximate surface area is 118 Å². The van der Waals surface area contributed by atoms with Gasteiger partial charge in [-0.2, -0.15) is 5.26 Å². The molecule has 6 nitrogen and oxygen atoms in total. The first-order valence-electron chi connectivity index (χ1n) is 5.53. The molecule has 0 amide bonds. The van der Waals surface area contributed by atoms with Crippen LogP contribution in [0.2, 0.25) is 0 Å². The Hall–Kier alpha value is -1.81. The van der Waals surface area contributed by atoms with E-state index in [1.54, 1.807) is 13.0 Å². The molecule has 7 heteroatoms. The number of aromatic nitrogens is 1. The van der Waals surface area contributed by atoms with E-state index >= 15 is 0 Å². The van der Waals surface area contributed by atoms with Crippen molar-refractivity contribution in [3.63, 3.8) is 0 Å². The Kier molecular flexibility index (Phi) is 5.12. The number of nitrogens with zero attached hydrogens (tertiary/aromatic N) is 2. The van der Waals surface area contributed by atoms with Gasteiger partial charge in [-0.25, -0.2) is 4.79 Å². The summed E-state index contributed by atoms with van der Waals surface area (Å²) in [7, 11) is 1.36. The average molecular weight is 329 g/mol. The summed E-state index contributed by atoms with van der Waals surface area (Å²) >= 11 is 3.20. The Morgan fingerprint density at radius 1 is 1.63 bits per heavy atom. The minimum Gasteiger partial charge on any atom is -0.494 e. The van der Waals surface area contributed by atoms with Crippen LogP contribution < -0.4 is 10.3 Å². The Bertz CT molecular complexity index is 589. The number of hydrogen-bond acceptors (Lipinski definition) is 5. The number of carbonyl (C=O) groups is 1. The van der Waals surface area contributed by atoms with E-state index in [9.17, 15) is 9.59 Å². The molecule has 0 spiro atoms. The summed E-state index contributed by atoms with van der Waals surface area (Å²) in [5.74, 6) is -0.384. The predicted octanol–water partition coefficient (Wildman–Crippen LogP) is 1.62. The van der Waals surface area contributed by atoms with Crippen molar-refractivity contribution in [3.8, 4) is 11.8 Å². The molecule has 1 heterocycles. The van der Waals surface area contributed by atoms with Crippen molar-refractivity contribution in [3.05, 3.63) is 26.6 Å².